The zero-order chi connectivity index (χ0) is 12.7. The summed E-state index contributed by atoms with van der Waals surface area (Å²) in [6, 6.07) is 5.70. The van der Waals surface area contributed by atoms with E-state index in [0.29, 0.717) is 17.5 Å². The van der Waals surface area contributed by atoms with Crippen LogP contribution in [0.25, 0.3) is 11.0 Å². The van der Waals surface area contributed by atoms with E-state index in [1.807, 2.05) is 35.2 Å². The molecule has 2 heterocycles. The van der Waals surface area contributed by atoms with Crippen LogP contribution < -0.4 is 5.73 Å². The number of halogens is 1. The van der Waals surface area contributed by atoms with Crippen LogP contribution in [0.5, 0.6) is 0 Å². The third kappa shape index (κ3) is 1.76. The molecule has 1 aromatic carbocycles. The van der Waals surface area contributed by atoms with E-state index in [-0.39, 0.29) is 0 Å². The standard InChI is InChI=1S/C12H11ClN4S/c1-7-10(18-6-15-7)5-17-9-4-2-3-8(13)11(9)16-12(17)14/h2-4,6H,5H2,1H3,(H2,14,16). The number of para-hydroxylation sites is 1. The second-order valence-corrected chi connectivity index (χ2v) is 5.37. The Kier molecular flexibility index (Phi) is 2.72. The van der Waals surface area contributed by atoms with Crippen LogP contribution in [-0.4, -0.2) is 14.5 Å². The highest BCUT2D eigenvalue weighted by molar-refractivity contribution is 7.09. The van der Waals surface area contributed by atoms with Crippen molar-refractivity contribution in [1.82, 2.24) is 14.5 Å². The number of aryl methyl sites for hydroxylation is 1. The molecule has 0 aliphatic heterocycles. The smallest absolute Gasteiger partial charge is 0.201 e. The Morgan fingerprint density at radius 3 is 3.00 bits per heavy atom. The molecular formula is C12H11ClN4S. The van der Waals surface area contributed by atoms with Crippen molar-refractivity contribution in [2.75, 3.05) is 5.73 Å². The van der Waals surface area contributed by atoms with Crippen molar-refractivity contribution in [2.24, 2.45) is 0 Å². The first-order valence-electron chi connectivity index (χ1n) is 5.46. The summed E-state index contributed by atoms with van der Waals surface area (Å²) >= 11 is 7.74. The third-order valence-electron chi connectivity index (χ3n) is 2.91. The van der Waals surface area contributed by atoms with Gasteiger partial charge in [0.2, 0.25) is 5.95 Å². The van der Waals surface area contributed by atoms with Crippen molar-refractivity contribution in [3.05, 3.63) is 39.3 Å². The van der Waals surface area contributed by atoms with Gasteiger partial charge in [0.1, 0.15) is 5.52 Å². The molecule has 2 N–H and O–H groups in total. The number of hydrogen-bond donors (Lipinski definition) is 1. The molecule has 0 aliphatic rings. The molecule has 4 nitrogen and oxygen atoms in total. The first-order chi connectivity index (χ1) is 8.66. The van der Waals surface area contributed by atoms with E-state index in [9.17, 15) is 0 Å². The molecule has 0 radical (unpaired) electrons. The summed E-state index contributed by atoms with van der Waals surface area (Å²) in [7, 11) is 0. The van der Waals surface area contributed by atoms with Crippen molar-refractivity contribution in [3.8, 4) is 0 Å². The number of nitrogens with zero attached hydrogens (tertiary/aromatic N) is 3. The minimum absolute atomic E-state index is 0.478. The molecule has 2 aromatic heterocycles. The van der Waals surface area contributed by atoms with E-state index in [4.69, 9.17) is 17.3 Å². The summed E-state index contributed by atoms with van der Waals surface area (Å²) in [6.07, 6.45) is 0. The lowest BCUT2D eigenvalue weighted by Crippen LogP contribution is -2.04. The highest BCUT2D eigenvalue weighted by Crippen LogP contribution is 2.26. The van der Waals surface area contributed by atoms with Crippen molar-refractivity contribution >= 4 is 39.9 Å². The number of benzene rings is 1. The minimum atomic E-state index is 0.478. The molecule has 0 saturated heterocycles. The largest absolute Gasteiger partial charge is 0.369 e. The molecule has 0 fully saturated rings. The summed E-state index contributed by atoms with van der Waals surface area (Å²) in [6.45, 7) is 2.67. The van der Waals surface area contributed by atoms with Gasteiger partial charge in [0, 0.05) is 4.88 Å². The molecule has 0 amide bonds. The molecule has 0 aliphatic carbocycles. The number of nitrogens with two attached hydrogens (primary N) is 1. The fraction of sp³-hybridized carbons (Fsp3) is 0.167. The highest BCUT2D eigenvalue weighted by Gasteiger charge is 2.12. The van der Waals surface area contributed by atoms with Crippen LogP contribution >= 0.6 is 22.9 Å². The fourth-order valence-electron chi connectivity index (χ4n) is 1.92. The van der Waals surface area contributed by atoms with E-state index in [1.165, 1.54) is 4.88 Å². The third-order valence-corrected chi connectivity index (χ3v) is 4.13. The Morgan fingerprint density at radius 2 is 2.28 bits per heavy atom. The minimum Gasteiger partial charge on any atom is -0.369 e. The quantitative estimate of drug-likeness (QED) is 0.784. The van der Waals surface area contributed by atoms with Gasteiger partial charge >= 0.3 is 0 Å². The van der Waals surface area contributed by atoms with Crippen LogP contribution in [0.4, 0.5) is 5.95 Å². The van der Waals surface area contributed by atoms with Crippen LogP contribution in [0.15, 0.2) is 23.7 Å². The summed E-state index contributed by atoms with van der Waals surface area (Å²) in [4.78, 5) is 9.74. The number of fused-ring (bicyclic) bond motifs is 1. The predicted octanol–water partition coefficient (Wildman–Crippen LogP) is 3.09. The molecule has 6 heteroatoms. The van der Waals surface area contributed by atoms with Crippen molar-refractivity contribution in [2.45, 2.75) is 13.5 Å². The van der Waals surface area contributed by atoms with Crippen molar-refractivity contribution in [1.29, 1.82) is 0 Å². The predicted molar refractivity (Wildman–Crippen MR) is 75.1 cm³/mol. The number of thiazole rings is 1. The average molecular weight is 279 g/mol. The van der Waals surface area contributed by atoms with Gasteiger partial charge in [-0.3, -0.25) is 0 Å². The maximum Gasteiger partial charge on any atom is 0.201 e. The Hall–Kier alpha value is -1.59. The molecule has 0 bridgehead atoms. The van der Waals surface area contributed by atoms with E-state index in [1.54, 1.807) is 11.3 Å². The average Bonchev–Trinajstić information content (AvgIpc) is 2.87. The molecule has 0 saturated carbocycles. The van der Waals surface area contributed by atoms with Gasteiger partial charge in [-0.15, -0.1) is 11.3 Å². The Labute approximate surface area is 113 Å². The lowest BCUT2D eigenvalue weighted by Gasteiger charge is -2.05. The molecular weight excluding hydrogens is 268 g/mol. The Bertz CT molecular complexity index is 716. The number of imidazole rings is 1. The van der Waals surface area contributed by atoms with E-state index in [0.717, 1.165) is 16.7 Å². The summed E-state index contributed by atoms with van der Waals surface area (Å²) in [5.41, 5.74) is 10.5. The van der Waals surface area contributed by atoms with E-state index in [2.05, 4.69) is 9.97 Å². The Morgan fingerprint density at radius 1 is 1.44 bits per heavy atom. The van der Waals surface area contributed by atoms with Gasteiger partial charge in [-0.1, -0.05) is 17.7 Å². The molecule has 3 aromatic rings. The van der Waals surface area contributed by atoms with Crippen LogP contribution in [0.3, 0.4) is 0 Å². The first-order valence-corrected chi connectivity index (χ1v) is 6.72. The SMILES string of the molecule is Cc1ncsc1Cn1c(N)nc2c(Cl)cccc21. The zero-order valence-electron chi connectivity index (χ0n) is 9.72. The lowest BCUT2D eigenvalue weighted by molar-refractivity contribution is 0.843. The van der Waals surface area contributed by atoms with Gasteiger partial charge in [0.25, 0.3) is 0 Å². The van der Waals surface area contributed by atoms with Crippen molar-refractivity contribution < 1.29 is 0 Å². The Balaban J connectivity index is 2.15. The number of anilines is 1. The lowest BCUT2D eigenvalue weighted by atomic mass is 10.3. The fourth-order valence-corrected chi connectivity index (χ4v) is 2.90. The molecule has 0 spiro atoms. The van der Waals surface area contributed by atoms with Gasteiger partial charge in [0.05, 0.1) is 28.3 Å². The van der Waals surface area contributed by atoms with Crippen LogP contribution in [0, 0.1) is 6.92 Å². The van der Waals surface area contributed by atoms with Gasteiger partial charge in [-0.2, -0.15) is 0 Å². The first kappa shape index (κ1) is 11.5. The number of hydrogen-bond acceptors (Lipinski definition) is 4. The molecule has 0 atom stereocenters. The summed E-state index contributed by atoms with van der Waals surface area (Å²) in [5, 5.41) is 0.624. The number of aromatic nitrogens is 3. The van der Waals surface area contributed by atoms with Gasteiger partial charge in [-0.05, 0) is 19.1 Å². The number of rotatable bonds is 2. The van der Waals surface area contributed by atoms with Gasteiger partial charge in [-0.25, -0.2) is 9.97 Å². The second kappa shape index (κ2) is 4.26. The molecule has 92 valence electrons. The monoisotopic (exact) mass is 278 g/mol. The summed E-state index contributed by atoms with van der Waals surface area (Å²) < 4.78 is 1.96. The van der Waals surface area contributed by atoms with Gasteiger partial charge < -0.3 is 10.3 Å². The molecule has 0 unspecified atom stereocenters. The zero-order valence-corrected chi connectivity index (χ0v) is 11.3. The van der Waals surface area contributed by atoms with Crippen molar-refractivity contribution in [3.63, 3.8) is 0 Å². The molecule has 18 heavy (non-hydrogen) atoms. The number of nitrogen functional groups attached to an aromatic ring is 1. The maximum absolute atomic E-state index is 6.11. The topological polar surface area (TPSA) is 56.7 Å². The van der Waals surface area contributed by atoms with E-state index >= 15 is 0 Å². The normalized spacial score (nSPS) is 11.2. The van der Waals surface area contributed by atoms with Crippen LogP contribution in [-0.2, 0) is 6.54 Å². The summed E-state index contributed by atoms with van der Waals surface area (Å²) in [5.74, 6) is 0.478. The molecule has 3 rings (SSSR count). The van der Waals surface area contributed by atoms with Gasteiger partial charge in [0.15, 0.2) is 0 Å². The second-order valence-electron chi connectivity index (χ2n) is 4.02. The van der Waals surface area contributed by atoms with E-state index < -0.39 is 0 Å². The van der Waals surface area contributed by atoms with Crippen LogP contribution in [0.2, 0.25) is 5.02 Å². The van der Waals surface area contributed by atoms with Crippen LogP contribution in [0.1, 0.15) is 10.6 Å². The maximum atomic E-state index is 6.11. The highest BCUT2D eigenvalue weighted by atomic mass is 35.5.